The Balaban J connectivity index is 1.40. The Bertz CT molecular complexity index is 1580. The van der Waals surface area contributed by atoms with Crippen molar-refractivity contribution < 1.29 is 34.8 Å². The Kier molecular flexibility index (Phi) is 6.91. The number of benzene rings is 1. The fourth-order valence-corrected chi connectivity index (χ4v) is 9.95. The molecule has 0 radical (unpaired) electrons. The van der Waals surface area contributed by atoms with Crippen molar-refractivity contribution in [2.75, 3.05) is 21.1 Å². The third kappa shape index (κ3) is 3.80. The number of aliphatic hydroxyl groups excluding tert-OH is 2. The lowest BCUT2D eigenvalue weighted by Gasteiger charge is -2.50. The molecule has 7 atom stereocenters. The average Bonchev–Trinajstić information content (AvgIpc) is 3.27. The van der Waals surface area contributed by atoms with Gasteiger partial charge in [-0.15, -0.1) is 0 Å². The van der Waals surface area contributed by atoms with Crippen LogP contribution in [0.3, 0.4) is 0 Å². The van der Waals surface area contributed by atoms with Gasteiger partial charge in [-0.3, -0.25) is 24.2 Å². The summed E-state index contributed by atoms with van der Waals surface area (Å²) in [6.07, 6.45) is 3.67. The van der Waals surface area contributed by atoms with Crippen molar-refractivity contribution in [3.05, 3.63) is 44.7 Å². The molecule has 0 aliphatic heterocycles. The number of aromatic hydroxyl groups is 1. The average molecular weight is 628 g/mol. The fraction of sp³-hybridized carbons (Fsp3) is 0.606. The number of carbonyl (C=O) groups excluding carboxylic acids is 3. The smallest absolute Gasteiger partial charge is 0.255 e. The molecular weight excluding hydrogens is 586 g/mol. The summed E-state index contributed by atoms with van der Waals surface area (Å²) in [7, 11) is 5.23. The maximum atomic E-state index is 14.0. The lowest BCUT2D eigenvalue weighted by atomic mass is 9.57. The van der Waals surface area contributed by atoms with Gasteiger partial charge < -0.3 is 26.2 Å². The van der Waals surface area contributed by atoms with Crippen LogP contribution in [0.25, 0.3) is 5.76 Å². The monoisotopic (exact) mass is 627 g/mol. The highest BCUT2D eigenvalue weighted by Gasteiger charge is 2.65. The number of Topliss-reactive ketones (excluding diaryl/α,β-unsaturated/α-hetero) is 2. The molecule has 1 aromatic carbocycles. The predicted octanol–water partition coefficient (Wildman–Crippen LogP) is 3.26. The topological polar surface area (TPSA) is 165 Å². The van der Waals surface area contributed by atoms with E-state index in [0.29, 0.717) is 34.7 Å². The molecule has 238 valence electrons. The maximum Gasteiger partial charge on any atom is 0.255 e. The zero-order valence-corrected chi connectivity index (χ0v) is 26.8. The van der Waals surface area contributed by atoms with Gasteiger partial charge in [-0.2, -0.15) is 0 Å². The SMILES string of the molecule is CN(C)[C@@H]1C(=O)C(C(N)=O)=C(O)[C@@]2(O)C(=O)C3=C(O)c4c(O)cc(CN(C)[C@@H]5CC6CCC5(C)C6(C)C)c(Cl)c4C[C@H]3C[C@@H]12. The van der Waals surface area contributed by atoms with Gasteiger partial charge in [-0.05, 0) is 93.1 Å². The zero-order valence-electron chi connectivity index (χ0n) is 26.1. The number of rotatable bonds is 5. The number of carbonyl (C=O) groups is 3. The van der Waals surface area contributed by atoms with Crippen molar-refractivity contribution >= 4 is 34.8 Å². The van der Waals surface area contributed by atoms with E-state index in [1.54, 1.807) is 14.1 Å². The maximum absolute atomic E-state index is 14.0. The number of hydrogen-bond acceptors (Lipinski definition) is 9. The molecule has 0 aromatic heterocycles. The minimum absolute atomic E-state index is 0.00529. The van der Waals surface area contributed by atoms with E-state index in [0.717, 1.165) is 12.8 Å². The number of primary amides is 1. The molecule has 1 amide bonds. The van der Waals surface area contributed by atoms with Crippen molar-refractivity contribution in [2.45, 2.75) is 77.1 Å². The van der Waals surface area contributed by atoms with Crippen LogP contribution in [0, 0.1) is 28.6 Å². The van der Waals surface area contributed by atoms with Crippen LogP contribution < -0.4 is 5.73 Å². The molecule has 0 heterocycles. The van der Waals surface area contributed by atoms with E-state index in [4.69, 9.17) is 17.3 Å². The van der Waals surface area contributed by atoms with Gasteiger partial charge in [0.15, 0.2) is 11.4 Å². The summed E-state index contributed by atoms with van der Waals surface area (Å²) in [4.78, 5) is 43.3. The summed E-state index contributed by atoms with van der Waals surface area (Å²) in [5.41, 5.74) is 3.27. The molecule has 3 fully saturated rings. The highest BCUT2D eigenvalue weighted by molar-refractivity contribution is 6.32. The third-order valence-electron chi connectivity index (χ3n) is 12.4. The van der Waals surface area contributed by atoms with E-state index in [2.05, 4.69) is 32.7 Å². The quantitative estimate of drug-likeness (QED) is 0.308. The second-order valence-electron chi connectivity index (χ2n) is 14.7. The number of phenols is 1. The Morgan fingerprint density at radius 1 is 1.11 bits per heavy atom. The molecule has 10 nitrogen and oxygen atoms in total. The van der Waals surface area contributed by atoms with E-state index in [-0.39, 0.29) is 40.6 Å². The van der Waals surface area contributed by atoms with E-state index in [1.165, 1.54) is 17.4 Å². The van der Waals surface area contributed by atoms with Gasteiger partial charge in [-0.25, -0.2) is 0 Å². The van der Waals surface area contributed by atoms with E-state index < -0.39 is 58.0 Å². The van der Waals surface area contributed by atoms with Crippen molar-refractivity contribution in [1.82, 2.24) is 9.80 Å². The molecule has 11 heteroatoms. The number of ketones is 2. The number of nitrogens with two attached hydrogens (primary N) is 1. The standard InChI is InChI=1S/C33H42ClN3O7/c1-31(2)16-7-8-32(31,3)20(12-16)37(6)13-15-11-19(38)22-17(24(15)34)9-14-10-18-25(36(4)5)27(40)23(30(35)43)29(42)33(18,44)28(41)21(14)26(22)39/h11,14,16,18,20,25,38-39,42,44H,7-10,12-13H2,1-6H3,(H2,35,43)/t14-,16?,18-,20+,25-,32?,33-/m0/s1. The summed E-state index contributed by atoms with van der Waals surface area (Å²) in [6.45, 7) is 7.58. The van der Waals surface area contributed by atoms with Crippen LogP contribution in [0.5, 0.6) is 5.75 Å². The van der Waals surface area contributed by atoms with E-state index in [1.807, 2.05) is 0 Å². The first-order chi connectivity index (χ1) is 20.4. The highest BCUT2D eigenvalue weighted by Crippen LogP contribution is 2.66. The lowest BCUT2D eigenvalue weighted by Crippen LogP contribution is -2.65. The molecule has 5 aliphatic carbocycles. The van der Waals surface area contributed by atoms with Crippen LogP contribution in [0.1, 0.15) is 63.1 Å². The molecular formula is C33H42ClN3O7. The van der Waals surface area contributed by atoms with Crippen molar-refractivity contribution in [1.29, 1.82) is 0 Å². The highest BCUT2D eigenvalue weighted by atomic mass is 35.5. The van der Waals surface area contributed by atoms with Crippen LogP contribution in [0.4, 0.5) is 0 Å². The summed E-state index contributed by atoms with van der Waals surface area (Å²) in [5, 5.41) is 45.9. The molecule has 0 saturated heterocycles. The minimum Gasteiger partial charge on any atom is -0.508 e. The van der Waals surface area contributed by atoms with Crippen LogP contribution in [0.15, 0.2) is 23.0 Å². The largest absolute Gasteiger partial charge is 0.508 e. The van der Waals surface area contributed by atoms with E-state index >= 15 is 0 Å². The van der Waals surface area contributed by atoms with Gasteiger partial charge in [0, 0.05) is 29.1 Å². The van der Waals surface area contributed by atoms with Gasteiger partial charge in [0.05, 0.1) is 11.6 Å². The molecule has 5 aliphatic rings. The number of aliphatic hydroxyl groups is 3. The molecule has 0 spiro atoms. The Hall–Kier alpha value is -2.92. The lowest BCUT2D eigenvalue weighted by molar-refractivity contribution is -0.153. The van der Waals surface area contributed by atoms with E-state index in [9.17, 15) is 34.8 Å². The predicted molar refractivity (Wildman–Crippen MR) is 164 cm³/mol. The second kappa shape index (κ2) is 9.79. The molecule has 1 aromatic rings. The zero-order chi connectivity index (χ0) is 32.4. The summed E-state index contributed by atoms with van der Waals surface area (Å²) < 4.78 is 0. The van der Waals surface area contributed by atoms with Gasteiger partial charge >= 0.3 is 0 Å². The third-order valence-corrected chi connectivity index (χ3v) is 12.9. The number of fused-ring (bicyclic) bond motifs is 5. The second-order valence-corrected chi connectivity index (χ2v) is 15.1. The molecule has 2 bridgehead atoms. The van der Waals surface area contributed by atoms with Crippen molar-refractivity contribution in [2.24, 2.45) is 34.3 Å². The van der Waals surface area contributed by atoms with Crippen LogP contribution in [-0.4, -0.2) is 86.5 Å². The fourth-order valence-electron chi connectivity index (χ4n) is 9.67. The first-order valence-corrected chi connectivity index (χ1v) is 15.7. The normalized spacial score (nSPS) is 35.8. The number of nitrogens with zero attached hydrogens (tertiary/aromatic N) is 2. The summed E-state index contributed by atoms with van der Waals surface area (Å²) in [5.74, 6) is -6.13. The van der Waals surface area contributed by atoms with Crippen LogP contribution >= 0.6 is 11.6 Å². The molecule has 6 N–H and O–H groups in total. The summed E-state index contributed by atoms with van der Waals surface area (Å²) in [6, 6.07) is 0.727. The number of amides is 1. The molecule has 3 saturated carbocycles. The van der Waals surface area contributed by atoms with Crippen molar-refractivity contribution in [3.8, 4) is 5.75 Å². The van der Waals surface area contributed by atoms with Gasteiger partial charge in [0.2, 0.25) is 5.78 Å². The van der Waals surface area contributed by atoms with Gasteiger partial charge in [0.25, 0.3) is 5.91 Å². The number of halogens is 1. The van der Waals surface area contributed by atoms with Crippen LogP contribution in [0.2, 0.25) is 5.02 Å². The Morgan fingerprint density at radius 2 is 1.77 bits per heavy atom. The molecule has 6 rings (SSSR count). The van der Waals surface area contributed by atoms with Gasteiger partial charge in [0.1, 0.15) is 22.8 Å². The first kappa shape index (κ1) is 31.1. The number of hydrogen-bond donors (Lipinski definition) is 5. The number of phenolic OH excluding ortho intramolecular Hbond substituents is 1. The van der Waals surface area contributed by atoms with Crippen molar-refractivity contribution in [3.63, 3.8) is 0 Å². The Labute approximate surface area is 262 Å². The first-order valence-electron chi connectivity index (χ1n) is 15.3. The number of likely N-dealkylation sites (N-methyl/N-ethyl adjacent to an activating group) is 1. The Morgan fingerprint density at radius 3 is 2.32 bits per heavy atom. The minimum atomic E-state index is -2.67. The summed E-state index contributed by atoms with van der Waals surface area (Å²) >= 11 is 7.03. The molecule has 44 heavy (non-hydrogen) atoms. The van der Waals surface area contributed by atoms with Gasteiger partial charge in [-0.1, -0.05) is 32.4 Å². The molecule has 2 unspecified atom stereocenters. The van der Waals surface area contributed by atoms with Crippen LogP contribution in [-0.2, 0) is 27.3 Å².